The quantitative estimate of drug-likeness (QED) is 0.789. The van der Waals surface area contributed by atoms with E-state index in [2.05, 4.69) is 0 Å². The van der Waals surface area contributed by atoms with Gasteiger partial charge in [-0.1, -0.05) is 12.1 Å². The van der Waals surface area contributed by atoms with Crippen molar-refractivity contribution >= 4 is 16.6 Å². The molecule has 0 unspecified atom stereocenters. The van der Waals surface area contributed by atoms with Crippen LogP contribution >= 0.6 is 0 Å². The Bertz CT molecular complexity index is 750. The first kappa shape index (κ1) is 13.7. The molecule has 2 aromatic carbocycles. The molecule has 2 N–H and O–H groups in total. The summed E-state index contributed by atoms with van der Waals surface area (Å²) in [5.41, 5.74) is 0.451. The number of hydrogen-bond acceptors (Lipinski definition) is 5. The number of ketones is 1. The van der Waals surface area contributed by atoms with Gasteiger partial charge in [-0.3, -0.25) is 4.79 Å². The van der Waals surface area contributed by atoms with Crippen LogP contribution in [0.15, 0.2) is 18.2 Å². The van der Waals surface area contributed by atoms with Gasteiger partial charge in [-0.2, -0.15) is 0 Å². The van der Waals surface area contributed by atoms with Gasteiger partial charge in [0, 0.05) is 10.9 Å². The summed E-state index contributed by atoms with van der Waals surface area (Å²) in [6.07, 6.45) is -1.14. The zero-order valence-corrected chi connectivity index (χ0v) is 12.0. The third kappa shape index (κ3) is 1.77. The maximum absolute atomic E-state index is 12.3. The van der Waals surface area contributed by atoms with Crippen molar-refractivity contribution in [3.05, 3.63) is 29.3 Å². The van der Waals surface area contributed by atoms with E-state index in [1.807, 2.05) is 0 Å². The highest BCUT2D eigenvalue weighted by Crippen LogP contribution is 2.48. The number of aromatic hydroxyl groups is 2. The van der Waals surface area contributed by atoms with Crippen LogP contribution in [0.1, 0.15) is 35.9 Å². The molecule has 2 aromatic rings. The molecule has 110 valence electrons. The van der Waals surface area contributed by atoms with Crippen LogP contribution in [-0.2, 0) is 4.74 Å². The second-order valence-electron chi connectivity index (χ2n) is 5.15. The van der Waals surface area contributed by atoms with Gasteiger partial charge >= 0.3 is 0 Å². The van der Waals surface area contributed by atoms with Crippen LogP contribution < -0.4 is 4.74 Å². The minimum atomic E-state index is -0.652. The lowest BCUT2D eigenvalue weighted by atomic mass is 9.88. The standard InChI is InChI=1S/C16H16O5/c1-7-11-13(14(17)8(2)21-7)15(18)9-5-4-6-10(20-3)12(9)16(11)19/h4-8,18-19H,1-3H3/t7-,8-/m0/s1. The van der Waals surface area contributed by atoms with Crippen LogP contribution in [0.25, 0.3) is 10.8 Å². The summed E-state index contributed by atoms with van der Waals surface area (Å²) >= 11 is 0. The number of benzene rings is 2. The SMILES string of the molecule is COc1cccc2c(O)c3c(c(O)c12)[C@H](C)O[C@@H](C)C3=O. The summed E-state index contributed by atoms with van der Waals surface area (Å²) in [5.74, 6) is -0.117. The highest BCUT2D eigenvalue weighted by atomic mass is 16.5. The minimum absolute atomic E-state index is 0.0806. The molecule has 0 bridgehead atoms. The van der Waals surface area contributed by atoms with Crippen molar-refractivity contribution in [2.75, 3.05) is 7.11 Å². The molecule has 1 aliphatic heterocycles. The predicted molar refractivity (Wildman–Crippen MR) is 77.1 cm³/mol. The van der Waals surface area contributed by atoms with E-state index in [-0.39, 0.29) is 22.8 Å². The van der Waals surface area contributed by atoms with Crippen LogP contribution in [0, 0.1) is 0 Å². The summed E-state index contributed by atoms with van der Waals surface area (Å²) in [4.78, 5) is 12.3. The van der Waals surface area contributed by atoms with Gasteiger partial charge in [0.15, 0.2) is 5.78 Å². The van der Waals surface area contributed by atoms with Crippen LogP contribution in [-0.4, -0.2) is 29.2 Å². The summed E-state index contributed by atoms with van der Waals surface area (Å²) < 4.78 is 10.8. The molecule has 2 atom stereocenters. The van der Waals surface area contributed by atoms with Gasteiger partial charge in [0.25, 0.3) is 0 Å². The Balaban J connectivity index is 2.49. The highest BCUT2D eigenvalue weighted by molar-refractivity contribution is 6.12. The lowest BCUT2D eigenvalue weighted by Crippen LogP contribution is -2.29. The zero-order chi connectivity index (χ0) is 15.3. The Kier molecular flexibility index (Phi) is 3.02. The number of rotatable bonds is 1. The van der Waals surface area contributed by atoms with Gasteiger partial charge in [-0.05, 0) is 19.9 Å². The molecule has 0 radical (unpaired) electrons. The van der Waals surface area contributed by atoms with Gasteiger partial charge in [-0.15, -0.1) is 0 Å². The van der Waals surface area contributed by atoms with Crippen molar-refractivity contribution in [2.24, 2.45) is 0 Å². The molecule has 0 aromatic heterocycles. The van der Waals surface area contributed by atoms with Crippen molar-refractivity contribution in [3.63, 3.8) is 0 Å². The Labute approximate surface area is 121 Å². The molecule has 0 amide bonds. The zero-order valence-electron chi connectivity index (χ0n) is 12.0. The molecular formula is C16H16O5. The molecule has 0 spiro atoms. The van der Waals surface area contributed by atoms with Crippen molar-refractivity contribution in [1.82, 2.24) is 0 Å². The first-order chi connectivity index (χ1) is 9.97. The molecule has 5 nitrogen and oxygen atoms in total. The maximum atomic E-state index is 12.3. The van der Waals surface area contributed by atoms with Crippen LogP contribution in [0.3, 0.4) is 0 Å². The van der Waals surface area contributed by atoms with Crippen molar-refractivity contribution in [3.8, 4) is 17.2 Å². The van der Waals surface area contributed by atoms with Crippen molar-refractivity contribution < 1.29 is 24.5 Å². The Morgan fingerprint density at radius 1 is 1.14 bits per heavy atom. The van der Waals surface area contributed by atoms with E-state index >= 15 is 0 Å². The largest absolute Gasteiger partial charge is 0.507 e. The van der Waals surface area contributed by atoms with Crippen LogP contribution in [0.5, 0.6) is 17.2 Å². The first-order valence-corrected chi connectivity index (χ1v) is 6.71. The minimum Gasteiger partial charge on any atom is -0.507 e. The van der Waals surface area contributed by atoms with E-state index in [0.717, 1.165) is 0 Å². The third-order valence-electron chi connectivity index (χ3n) is 3.93. The van der Waals surface area contributed by atoms with E-state index in [1.54, 1.807) is 32.0 Å². The van der Waals surface area contributed by atoms with Crippen molar-refractivity contribution in [2.45, 2.75) is 26.1 Å². The normalized spacial score (nSPS) is 21.4. The van der Waals surface area contributed by atoms with Gasteiger partial charge in [-0.25, -0.2) is 0 Å². The molecule has 0 saturated carbocycles. The average molecular weight is 288 g/mol. The molecule has 21 heavy (non-hydrogen) atoms. The number of phenols is 2. The van der Waals surface area contributed by atoms with Crippen molar-refractivity contribution in [1.29, 1.82) is 0 Å². The number of fused-ring (bicyclic) bond motifs is 2. The van der Waals surface area contributed by atoms with E-state index in [9.17, 15) is 15.0 Å². The van der Waals surface area contributed by atoms with E-state index in [1.165, 1.54) is 7.11 Å². The smallest absolute Gasteiger partial charge is 0.195 e. The Hall–Kier alpha value is -2.27. The molecule has 1 aliphatic rings. The Morgan fingerprint density at radius 2 is 1.86 bits per heavy atom. The summed E-state index contributed by atoms with van der Waals surface area (Å²) in [6, 6.07) is 5.03. The van der Waals surface area contributed by atoms with E-state index in [0.29, 0.717) is 22.1 Å². The summed E-state index contributed by atoms with van der Waals surface area (Å²) in [5, 5.41) is 21.9. The number of methoxy groups -OCH3 is 1. The summed E-state index contributed by atoms with van der Waals surface area (Å²) in [7, 11) is 1.48. The molecule has 0 saturated heterocycles. The molecule has 3 rings (SSSR count). The fourth-order valence-corrected chi connectivity index (χ4v) is 2.94. The van der Waals surface area contributed by atoms with Crippen LogP contribution in [0.2, 0.25) is 0 Å². The van der Waals surface area contributed by atoms with Gasteiger partial charge in [0.2, 0.25) is 0 Å². The van der Waals surface area contributed by atoms with E-state index in [4.69, 9.17) is 9.47 Å². The fourth-order valence-electron chi connectivity index (χ4n) is 2.94. The van der Waals surface area contributed by atoms with E-state index < -0.39 is 12.2 Å². The molecule has 0 fully saturated rings. The second kappa shape index (κ2) is 4.63. The number of ether oxygens (including phenoxy) is 2. The lowest BCUT2D eigenvalue weighted by molar-refractivity contribution is 0.00187. The topological polar surface area (TPSA) is 76.0 Å². The number of phenolic OH excluding ortho intramolecular Hbond substituents is 2. The van der Waals surface area contributed by atoms with Gasteiger partial charge < -0.3 is 19.7 Å². The maximum Gasteiger partial charge on any atom is 0.195 e. The van der Waals surface area contributed by atoms with Gasteiger partial charge in [0.1, 0.15) is 23.4 Å². The number of hydrogen-bond donors (Lipinski definition) is 2. The predicted octanol–water partition coefficient (Wildman–Crippen LogP) is 2.92. The second-order valence-corrected chi connectivity index (χ2v) is 5.15. The molecular weight excluding hydrogens is 272 g/mol. The number of carbonyl (C=O) groups is 1. The molecule has 0 aliphatic carbocycles. The van der Waals surface area contributed by atoms with Gasteiger partial charge in [0.05, 0.1) is 24.2 Å². The first-order valence-electron chi connectivity index (χ1n) is 6.71. The number of Topliss-reactive ketones (excluding diaryl/α,β-unsaturated/α-hetero) is 1. The van der Waals surface area contributed by atoms with Crippen LogP contribution in [0.4, 0.5) is 0 Å². The number of carbonyl (C=O) groups excluding carboxylic acids is 1. The monoisotopic (exact) mass is 288 g/mol. The molecule has 5 heteroatoms. The highest BCUT2D eigenvalue weighted by Gasteiger charge is 2.36. The fraction of sp³-hybridized carbons (Fsp3) is 0.312. The summed E-state index contributed by atoms with van der Waals surface area (Å²) in [6.45, 7) is 3.37. The average Bonchev–Trinajstić information content (AvgIpc) is 2.47. The Morgan fingerprint density at radius 3 is 2.52 bits per heavy atom. The third-order valence-corrected chi connectivity index (χ3v) is 3.93. The lowest BCUT2D eigenvalue weighted by Gasteiger charge is -2.29. The molecule has 1 heterocycles.